The molecule has 0 aromatic heterocycles. The summed E-state index contributed by atoms with van der Waals surface area (Å²) in [5, 5.41) is 0. The van der Waals surface area contributed by atoms with Crippen LogP contribution in [-0.4, -0.2) is 12.8 Å². The number of alkyl halides is 5. The molecule has 0 radical (unpaired) electrons. The molecule has 0 bridgehead atoms. The predicted octanol–water partition coefficient (Wildman–Crippen LogP) is 9.76. The molecule has 41 heavy (non-hydrogen) atoms. The topological polar surface area (TPSA) is 27.7 Å². The number of ether oxygens (including phenoxy) is 3. The molecule has 226 valence electrons. The molecule has 2 aliphatic rings. The zero-order valence-electron chi connectivity index (χ0n) is 22.5. The van der Waals surface area contributed by atoms with Crippen LogP contribution in [0, 0.1) is 35.2 Å². The third-order valence-corrected chi connectivity index (χ3v) is 7.89. The lowest BCUT2D eigenvalue weighted by Crippen LogP contribution is -2.30. The van der Waals surface area contributed by atoms with Crippen LogP contribution in [0.5, 0.6) is 11.5 Å². The quantitative estimate of drug-likeness (QED) is 0.214. The Labute approximate surface area is 233 Å². The standard InChI is InChI=1S/C30H32F8O3/c1-2-3-18-4-6-19(7-5-18)20-8-10-26(40-17-20)21-14-24(32)28(25(33)15-21)30(37,38)41-22-9-11-27(23(31)16-22)39-13-12-29(34,35)36/h9,11-16,18-20,26H,2-8,10,17H2,1H3. The van der Waals surface area contributed by atoms with E-state index in [9.17, 15) is 35.1 Å². The monoisotopic (exact) mass is 592 g/mol. The zero-order valence-corrected chi connectivity index (χ0v) is 22.5. The first-order valence-corrected chi connectivity index (χ1v) is 13.7. The van der Waals surface area contributed by atoms with Gasteiger partial charge < -0.3 is 14.2 Å². The highest BCUT2D eigenvalue weighted by Gasteiger charge is 2.42. The second kappa shape index (κ2) is 13.0. The van der Waals surface area contributed by atoms with Crippen LogP contribution in [-0.2, 0) is 10.8 Å². The summed E-state index contributed by atoms with van der Waals surface area (Å²) in [6.45, 7) is 2.63. The third kappa shape index (κ3) is 8.14. The molecule has 2 aromatic rings. The van der Waals surface area contributed by atoms with Crippen LogP contribution in [0.1, 0.15) is 75.5 Å². The molecule has 1 aliphatic carbocycles. The fourth-order valence-electron chi connectivity index (χ4n) is 5.84. The van der Waals surface area contributed by atoms with Crippen LogP contribution < -0.4 is 9.47 Å². The molecule has 2 atom stereocenters. The van der Waals surface area contributed by atoms with E-state index < -0.39 is 52.9 Å². The highest BCUT2D eigenvalue weighted by Crippen LogP contribution is 2.43. The van der Waals surface area contributed by atoms with Gasteiger partial charge in [-0.1, -0.05) is 32.6 Å². The molecule has 3 nitrogen and oxygen atoms in total. The number of benzene rings is 2. The minimum atomic E-state index is -4.70. The molecule has 0 amide bonds. The molecule has 2 unspecified atom stereocenters. The lowest BCUT2D eigenvalue weighted by Gasteiger charge is -2.38. The van der Waals surface area contributed by atoms with Gasteiger partial charge in [0.15, 0.2) is 11.6 Å². The second-order valence-corrected chi connectivity index (χ2v) is 10.8. The molecule has 1 heterocycles. The summed E-state index contributed by atoms with van der Waals surface area (Å²) in [7, 11) is 0. The molecule has 11 heteroatoms. The van der Waals surface area contributed by atoms with Gasteiger partial charge in [-0.05, 0) is 73.3 Å². The van der Waals surface area contributed by atoms with Crippen molar-refractivity contribution >= 4 is 0 Å². The molecular formula is C30H32F8O3. The summed E-state index contributed by atoms with van der Waals surface area (Å²) in [5.74, 6) is -4.28. The summed E-state index contributed by atoms with van der Waals surface area (Å²) in [6, 6.07) is 3.49. The van der Waals surface area contributed by atoms with E-state index in [0.717, 1.165) is 49.4 Å². The van der Waals surface area contributed by atoms with Crippen LogP contribution in [0.15, 0.2) is 42.7 Å². The number of rotatable bonds is 9. The first-order chi connectivity index (χ1) is 19.4. The fourth-order valence-corrected chi connectivity index (χ4v) is 5.84. The molecule has 2 aromatic carbocycles. The molecule has 0 N–H and O–H groups in total. The molecule has 1 saturated heterocycles. The maximum Gasteiger partial charge on any atom is 0.432 e. The Morgan fingerprint density at radius 1 is 0.854 bits per heavy atom. The molecule has 1 aliphatic heterocycles. The second-order valence-electron chi connectivity index (χ2n) is 10.8. The van der Waals surface area contributed by atoms with Crippen molar-refractivity contribution in [3.8, 4) is 11.5 Å². The third-order valence-electron chi connectivity index (χ3n) is 7.89. The highest BCUT2D eigenvalue weighted by atomic mass is 19.4. The fraction of sp³-hybridized carbons (Fsp3) is 0.533. The van der Waals surface area contributed by atoms with Gasteiger partial charge in [0.05, 0.1) is 25.0 Å². The van der Waals surface area contributed by atoms with Crippen LogP contribution >= 0.6 is 0 Å². The molecular weight excluding hydrogens is 560 g/mol. The van der Waals surface area contributed by atoms with Crippen molar-refractivity contribution in [3.63, 3.8) is 0 Å². The molecule has 0 spiro atoms. The predicted molar refractivity (Wildman–Crippen MR) is 135 cm³/mol. The lowest BCUT2D eigenvalue weighted by atomic mass is 9.73. The minimum Gasteiger partial charge on any atom is -0.462 e. The highest BCUT2D eigenvalue weighted by molar-refractivity contribution is 5.35. The van der Waals surface area contributed by atoms with Gasteiger partial charge in [0.25, 0.3) is 0 Å². The van der Waals surface area contributed by atoms with Gasteiger partial charge >= 0.3 is 12.3 Å². The van der Waals surface area contributed by atoms with Crippen LogP contribution in [0.4, 0.5) is 35.1 Å². The average molecular weight is 593 g/mol. The Hall–Kier alpha value is -2.82. The molecule has 2 fully saturated rings. The summed E-state index contributed by atoms with van der Waals surface area (Å²) < 4.78 is 125. The molecule has 4 rings (SSSR count). The van der Waals surface area contributed by atoms with E-state index in [1.54, 1.807) is 0 Å². The van der Waals surface area contributed by atoms with Gasteiger partial charge in [-0.25, -0.2) is 13.2 Å². The van der Waals surface area contributed by atoms with Gasteiger partial charge in [0.1, 0.15) is 22.9 Å². The van der Waals surface area contributed by atoms with Gasteiger partial charge in [0.2, 0.25) is 0 Å². The van der Waals surface area contributed by atoms with Crippen molar-refractivity contribution in [2.24, 2.45) is 17.8 Å². The summed E-state index contributed by atoms with van der Waals surface area (Å²) in [5.41, 5.74) is -1.56. The normalized spacial score (nSPS) is 24.0. The van der Waals surface area contributed by atoms with Crippen molar-refractivity contribution < 1.29 is 49.3 Å². The van der Waals surface area contributed by atoms with Gasteiger partial charge in [-0.15, -0.1) is 0 Å². The van der Waals surface area contributed by atoms with Crippen molar-refractivity contribution in [3.05, 3.63) is 71.2 Å². The van der Waals surface area contributed by atoms with E-state index in [1.165, 1.54) is 25.7 Å². The summed E-state index contributed by atoms with van der Waals surface area (Å²) >= 11 is 0. The number of allylic oxidation sites excluding steroid dienone is 1. The van der Waals surface area contributed by atoms with E-state index in [0.29, 0.717) is 30.9 Å². The van der Waals surface area contributed by atoms with Crippen molar-refractivity contribution in [1.29, 1.82) is 0 Å². The maximum atomic E-state index is 14.9. The molecule has 1 saturated carbocycles. The lowest BCUT2D eigenvalue weighted by molar-refractivity contribution is -0.189. The van der Waals surface area contributed by atoms with E-state index in [4.69, 9.17) is 4.74 Å². The van der Waals surface area contributed by atoms with Gasteiger partial charge in [-0.3, -0.25) is 0 Å². The van der Waals surface area contributed by atoms with Crippen LogP contribution in [0.2, 0.25) is 0 Å². The van der Waals surface area contributed by atoms with Gasteiger partial charge in [-0.2, -0.15) is 22.0 Å². The van der Waals surface area contributed by atoms with Crippen LogP contribution in [0.25, 0.3) is 0 Å². The van der Waals surface area contributed by atoms with Gasteiger partial charge in [0, 0.05) is 6.07 Å². The van der Waals surface area contributed by atoms with E-state index in [2.05, 4.69) is 16.4 Å². The Morgan fingerprint density at radius 3 is 2.07 bits per heavy atom. The van der Waals surface area contributed by atoms with Crippen molar-refractivity contribution in [2.45, 2.75) is 76.7 Å². The average Bonchev–Trinajstić information content (AvgIpc) is 2.89. The Balaban J connectivity index is 1.38. The first-order valence-electron chi connectivity index (χ1n) is 13.7. The summed E-state index contributed by atoms with van der Waals surface area (Å²) in [6.07, 6.45) is -1.54. The van der Waals surface area contributed by atoms with Crippen molar-refractivity contribution in [2.75, 3.05) is 6.61 Å². The van der Waals surface area contributed by atoms with Crippen LogP contribution in [0.3, 0.4) is 0 Å². The minimum absolute atomic E-state index is 0.101. The number of hydrogen-bond donors (Lipinski definition) is 0. The first kappa shape index (κ1) is 31.1. The number of halogens is 8. The van der Waals surface area contributed by atoms with E-state index in [1.807, 2.05) is 0 Å². The summed E-state index contributed by atoms with van der Waals surface area (Å²) in [4.78, 5) is 0. The number of hydrogen-bond acceptors (Lipinski definition) is 3. The zero-order chi connectivity index (χ0) is 29.8. The smallest absolute Gasteiger partial charge is 0.432 e. The van der Waals surface area contributed by atoms with E-state index in [-0.39, 0.29) is 17.9 Å². The SMILES string of the molecule is CCCC1CCC(C2CCC(c3cc(F)c(C(F)(F)Oc4ccc(OC=CC(F)(F)F)c(F)c4)c(F)c3)OC2)CC1. The Morgan fingerprint density at radius 2 is 1.51 bits per heavy atom. The largest absolute Gasteiger partial charge is 0.462 e. The Bertz CT molecular complexity index is 1170. The van der Waals surface area contributed by atoms with Crippen molar-refractivity contribution in [1.82, 2.24) is 0 Å². The maximum absolute atomic E-state index is 14.9. The van der Waals surface area contributed by atoms with E-state index >= 15 is 0 Å². The Kier molecular flexibility index (Phi) is 9.87.